The van der Waals surface area contributed by atoms with E-state index in [1.54, 1.807) is 18.2 Å². The number of para-hydroxylation sites is 1. The van der Waals surface area contributed by atoms with Crippen LogP contribution in [0.4, 0.5) is 10.5 Å². The second kappa shape index (κ2) is 6.76. The van der Waals surface area contributed by atoms with Gasteiger partial charge < -0.3 is 10.4 Å². The fourth-order valence-electron chi connectivity index (χ4n) is 2.38. The lowest BCUT2D eigenvalue weighted by molar-refractivity contribution is -0.126. The van der Waals surface area contributed by atoms with Crippen molar-refractivity contribution in [2.45, 2.75) is 11.9 Å². The molecule has 0 radical (unpaired) electrons. The van der Waals surface area contributed by atoms with Gasteiger partial charge in [-0.3, -0.25) is 14.5 Å². The van der Waals surface area contributed by atoms with Crippen LogP contribution < -0.4 is 5.32 Å². The molecule has 1 aliphatic heterocycles. The molecule has 2 aromatic rings. The summed E-state index contributed by atoms with van der Waals surface area (Å²) in [4.78, 5) is 37.0. The molecule has 1 heterocycles. The van der Waals surface area contributed by atoms with Gasteiger partial charge in [-0.15, -0.1) is 0 Å². The first kappa shape index (κ1) is 16.1. The van der Waals surface area contributed by atoms with Crippen molar-refractivity contribution in [2.24, 2.45) is 0 Å². The second-order valence-corrected chi connectivity index (χ2v) is 6.23. The molecule has 2 N–H and O–H groups in total. The minimum atomic E-state index is -1.10. The summed E-state index contributed by atoms with van der Waals surface area (Å²) in [7, 11) is 0. The Hall–Kier alpha value is -2.80. The molecule has 7 heteroatoms. The third-order valence-electron chi connectivity index (χ3n) is 3.56. The number of nitrogens with one attached hydrogen (secondary N) is 1. The number of hydrogen-bond donors (Lipinski definition) is 2. The van der Waals surface area contributed by atoms with E-state index >= 15 is 0 Å². The van der Waals surface area contributed by atoms with Crippen LogP contribution >= 0.6 is 11.8 Å². The zero-order valence-corrected chi connectivity index (χ0v) is 13.3. The highest BCUT2D eigenvalue weighted by Gasteiger charge is 2.40. The monoisotopic (exact) mass is 342 g/mol. The van der Waals surface area contributed by atoms with Crippen LogP contribution in [-0.2, 0) is 11.3 Å². The molecule has 0 bridgehead atoms. The molecule has 0 spiro atoms. The number of carbonyl (C=O) groups is 3. The summed E-state index contributed by atoms with van der Waals surface area (Å²) < 4.78 is 0. The fraction of sp³-hybridized carbons (Fsp3) is 0.118. The number of benzene rings is 2. The van der Waals surface area contributed by atoms with Gasteiger partial charge in [-0.2, -0.15) is 0 Å². The SMILES string of the molecule is O=C(O)c1ccccc1NC1SC(=O)N(Cc2ccccc2)C1=O. The first-order chi connectivity index (χ1) is 11.6. The maximum absolute atomic E-state index is 12.5. The van der Waals surface area contributed by atoms with Crippen molar-refractivity contribution in [1.82, 2.24) is 4.90 Å². The normalized spacial score (nSPS) is 17.2. The maximum Gasteiger partial charge on any atom is 0.337 e. The largest absolute Gasteiger partial charge is 0.478 e. The number of nitrogens with zero attached hydrogens (tertiary/aromatic N) is 1. The minimum absolute atomic E-state index is 0.0554. The van der Waals surface area contributed by atoms with Gasteiger partial charge in [0, 0.05) is 5.69 Å². The Morgan fingerprint density at radius 2 is 1.75 bits per heavy atom. The molecule has 24 heavy (non-hydrogen) atoms. The minimum Gasteiger partial charge on any atom is -0.478 e. The van der Waals surface area contributed by atoms with Crippen LogP contribution in [-0.4, -0.2) is 32.5 Å². The van der Waals surface area contributed by atoms with Gasteiger partial charge in [-0.1, -0.05) is 42.5 Å². The van der Waals surface area contributed by atoms with Gasteiger partial charge in [0.25, 0.3) is 11.1 Å². The summed E-state index contributed by atoms with van der Waals surface area (Å²) in [5, 5.41) is 10.9. The highest BCUT2D eigenvalue weighted by molar-refractivity contribution is 8.15. The quantitative estimate of drug-likeness (QED) is 0.868. The van der Waals surface area contributed by atoms with E-state index in [0.717, 1.165) is 17.3 Å². The number of carbonyl (C=O) groups excluding carboxylic acids is 2. The Morgan fingerprint density at radius 3 is 2.46 bits per heavy atom. The van der Waals surface area contributed by atoms with E-state index in [4.69, 9.17) is 0 Å². The van der Waals surface area contributed by atoms with E-state index in [0.29, 0.717) is 5.69 Å². The van der Waals surface area contributed by atoms with Gasteiger partial charge in [-0.05, 0) is 29.5 Å². The summed E-state index contributed by atoms with van der Waals surface area (Å²) in [6, 6.07) is 15.5. The average Bonchev–Trinajstić information content (AvgIpc) is 2.84. The Bertz CT molecular complexity index is 794. The molecule has 3 rings (SSSR count). The molecule has 0 aromatic heterocycles. The molecule has 1 aliphatic rings. The molecular formula is C17H14N2O4S. The van der Waals surface area contributed by atoms with Crippen LogP contribution in [0.5, 0.6) is 0 Å². The summed E-state index contributed by atoms with van der Waals surface area (Å²) in [5.41, 5.74) is 1.22. The molecule has 1 unspecified atom stereocenters. The van der Waals surface area contributed by atoms with Crippen molar-refractivity contribution in [1.29, 1.82) is 0 Å². The fourth-order valence-corrected chi connectivity index (χ4v) is 3.28. The van der Waals surface area contributed by atoms with Crippen LogP contribution in [0.3, 0.4) is 0 Å². The number of carboxylic acid groups (broad SMARTS) is 1. The standard InChI is InChI=1S/C17H14N2O4S/c20-15-14(18-13-9-5-4-8-12(13)16(21)22)24-17(23)19(15)10-11-6-2-1-3-7-11/h1-9,14,18H,10H2,(H,21,22). The number of amides is 2. The van der Waals surface area contributed by atoms with Gasteiger partial charge >= 0.3 is 5.97 Å². The van der Waals surface area contributed by atoms with Crippen molar-refractivity contribution in [3.63, 3.8) is 0 Å². The summed E-state index contributed by atoms with van der Waals surface area (Å²) >= 11 is 0.850. The lowest BCUT2D eigenvalue weighted by atomic mass is 10.2. The summed E-state index contributed by atoms with van der Waals surface area (Å²) in [5.74, 6) is -1.48. The van der Waals surface area contributed by atoms with E-state index in [-0.39, 0.29) is 23.3 Å². The predicted molar refractivity (Wildman–Crippen MR) is 90.8 cm³/mol. The number of rotatable bonds is 5. The van der Waals surface area contributed by atoms with Gasteiger partial charge in [0.05, 0.1) is 12.1 Å². The van der Waals surface area contributed by atoms with Crippen LogP contribution in [0, 0.1) is 0 Å². The van der Waals surface area contributed by atoms with E-state index < -0.39 is 11.3 Å². The number of aromatic carboxylic acids is 1. The number of anilines is 1. The molecule has 1 saturated heterocycles. The van der Waals surface area contributed by atoms with E-state index in [1.807, 2.05) is 30.3 Å². The topological polar surface area (TPSA) is 86.7 Å². The lowest BCUT2D eigenvalue weighted by Crippen LogP contribution is -2.34. The Labute approximate surface area is 142 Å². The zero-order valence-electron chi connectivity index (χ0n) is 12.5. The van der Waals surface area contributed by atoms with Crippen LogP contribution in [0.2, 0.25) is 0 Å². The molecular weight excluding hydrogens is 328 g/mol. The van der Waals surface area contributed by atoms with Gasteiger partial charge in [0.15, 0.2) is 5.37 Å². The smallest absolute Gasteiger partial charge is 0.337 e. The van der Waals surface area contributed by atoms with Crippen molar-refractivity contribution in [3.8, 4) is 0 Å². The number of carboxylic acids is 1. The number of hydrogen-bond acceptors (Lipinski definition) is 5. The Morgan fingerprint density at radius 1 is 1.08 bits per heavy atom. The van der Waals surface area contributed by atoms with Crippen molar-refractivity contribution < 1.29 is 19.5 Å². The lowest BCUT2D eigenvalue weighted by Gasteiger charge is -2.15. The zero-order chi connectivity index (χ0) is 17.1. The molecule has 1 fully saturated rings. The molecule has 0 saturated carbocycles. The third kappa shape index (κ3) is 3.26. The first-order valence-corrected chi connectivity index (χ1v) is 8.09. The predicted octanol–water partition coefficient (Wildman–Crippen LogP) is 3.02. The molecule has 6 nitrogen and oxygen atoms in total. The van der Waals surface area contributed by atoms with E-state index in [9.17, 15) is 19.5 Å². The van der Waals surface area contributed by atoms with Crippen molar-refractivity contribution >= 4 is 34.6 Å². The molecule has 2 amide bonds. The summed E-state index contributed by atoms with van der Waals surface area (Å²) in [6.45, 7) is 0.199. The highest BCUT2D eigenvalue weighted by Crippen LogP contribution is 2.30. The van der Waals surface area contributed by atoms with E-state index in [2.05, 4.69) is 5.32 Å². The first-order valence-electron chi connectivity index (χ1n) is 7.21. The van der Waals surface area contributed by atoms with Gasteiger partial charge in [0.1, 0.15) is 0 Å². The second-order valence-electron chi connectivity index (χ2n) is 5.17. The molecule has 2 aromatic carbocycles. The van der Waals surface area contributed by atoms with Gasteiger partial charge in [-0.25, -0.2) is 4.79 Å². The molecule has 0 aliphatic carbocycles. The summed E-state index contributed by atoms with van der Waals surface area (Å²) in [6.07, 6.45) is 0. The van der Waals surface area contributed by atoms with Crippen molar-refractivity contribution in [3.05, 3.63) is 65.7 Å². The maximum atomic E-state index is 12.5. The van der Waals surface area contributed by atoms with E-state index in [1.165, 1.54) is 11.0 Å². The van der Waals surface area contributed by atoms with Crippen LogP contribution in [0.1, 0.15) is 15.9 Å². The molecule has 1 atom stereocenters. The number of thioether (sulfide) groups is 1. The van der Waals surface area contributed by atoms with Crippen molar-refractivity contribution in [2.75, 3.05) is 5.32 Å². The average molecular weight is 342 g/mol. The van der Waals surface area contributed by atoms with Crippen LogP contribution in [0.15, 0.2) is 54.6 Å². The Kier molecular flexibility index (Phi) is 4.52. The third-order valence-corrected chi connectivity index (χ3v) is 4.53. The molecule has 122 valence electrons. The Balaban J connectivity index is 1.76. The van der Waals surface area contributed by atoms with Gasteiger partial charge in [0.2, 0.25) is 0 Å². The highest BCUT2D eigenvalue weighted by atomic mass is 32.2. The number of imide groups is 1. The van der Waals surface area contributed by atoms with Crippen LogP contribution in [0.25, 0.3) is 0 Å².